The van der Waals surface area contributed by atoms with Gasteiger partial charge in [0, 0.05) is 17.5 Å². The van der Waals surface area contributed by atoms with Crippen LogP contribution in [0.2, 0.25) is 0 Å². The highest BCUT2D eigenvalue weighted by atomic mass is 19.3. The van der Waals surface area contributed by atoms with E-state index in [4.69, 9.17) is 5.11 Å². The van der Waals surface area contributed by atoms with Gasteiger partial charge in [-0.3, -0.25) is 4.79 Å². The molecule has 1 atom stereocenters. The molecule has 0 aliphatic heterocycles. The lowest BCUT2D eigenvalue weighted by molar-refractivity contribution is -0.0509. The van der Waals surface area contributed by atoms with Crippen molar-refractivity contribution in [3.05, 3.63) is 35.1 Å². The van der Waals surface area contributed by atoms with E-state index in [0.29, 0.717) is 6.07 Å². The first kappa shape index (κ1) is 10.2. The number of carbonyl (C=O) groups excluding carboxylic acids is 1. The molecule has 1 N–H and O–H groups in total. The number of fused-ring (bicyclic) bond motifs is 1. The summed E-state index contributed by atoms with van der Waals surface area (Å²) >= 11 is 0. The second-order valence-corrected chi connectivity index (χ2v) is 3.48. The molecule has 0 fully saturated rings. The van der Waals surface area contributed by atoms with Crippen molar-refractivity contribution < 1.29 is 23.1 Å². The van der Waals surface area contributed by atoms with Crippen LogP contribution >= 0.6 is 0 Å². The summed E-state index contributed by atoms with van der Waals surface area (Å²) in [6.45, 7) is 0. The Labute approximate surface area is 83.3 Å². The highest BCUT2D eigenvalue weighted by Gasteiger charge is 2.44. The monoisotopic (exact) mass is 216 g/mol. The van der Waals surface area contributed by atoms with Crippen LogP contribution in [0.25, 0.3) is 0 Å². The number of aliphatic hydroxyl groups is 1. The van der Waals surface area contributed by atoms with Crippen molar-refractivity contribution in [1.29, 1.82) is 0 Å². The summed E-state index contributed by atoms with van der Waals surface area (Å²) in [6.07, 6.45) is -2.69. The minimum absolute atomic E-state index is 0.305. The highest BCUT2D eigenvalue weighted by molar-refractivity contribution is 6.02. The van der Waals surface area contributed by atoms with Gasteiger partial charge >= 0.3 is 0 Å². The van der Waals surface area contributed by atoms with Crippen molar-refractivity contribution in [2.75, 3.05) is 0 Å². The molecule has 1 aromatic carbocycles. The van der Waals surface area contributed by atoms with E-state index in [1.165, 1.54) is 0 Å². The van der Waals surface area contributed by atoms with Gasteiger partial charge in [-0.1, -0.05) is 0 Å². The van der Waals surface area contributed by atoms with Crippen LogP contribution in [0.1, 0.15) is 22.3 Å². The van der Waals surface area contributed by atoms with Crippen LogP contribution in [0.4, 0.5) is 13.2 Å². The summed E-state index contributed by atoms with van der Waals surface area (Å²) in [7, 11) is 0. The van der Waals surface area contributed by atoms with Crippen molar-refractivity contribution in [2.45, 2.75) is 18.4 Å². The molecule has 2 nitrogen and oxygen atoms in total. The maximum absolute atomic E-state index is 13.3. The fourth-order valence-corrected chi connectivity index (χ4v) is 1.66. The second kappa shape index (κ2) is 3.06. The third-order valence-electron chi connectivity index (χ3n) is 2.39. The molecule has 0 saturated carbocycles. The molecule has 0 spiro atoms. The number of benzene rings is 1. The Morgan fingerprint density at radius 2 is 2.07 bits per heavy atom. The molecule has 0 heterocycles. The largest absolute Gasteiger partial charge is 0.385 e. The number of alkyl halides is 2. The average Bonchev–Trinajstić information content (AvgIpc) is 2.14. The van der Waals surface area contributed by atoms with Gasteiger partial charge in [0.1, 0.15) is 11.9 Å². The quantitative estimate of drug-likeness (QED) is 0.718. The highest BCUT2D eigenvalue weighted by Crippen LogP contribution is 2.40. The summed E-state index contributed by atoms with van der Waals surface area (Å²) in [5, 5.41) is 9.11. The number of aliphatic hydroxyl groups excluding tert-OH is 1. The zero-order valence-electron chi connectivity index (χ0n) is 7.51. The number of ketones is 1. The van der Waals surface area contributed by atoms with E-state index >= 15 is 0 Å². The number of hydrogen-bond donors (Lipinski definition) is 1. The van der Waals surface area contributed by atoms with E-state index in [2.05, 4.69) is 0 Å². The Morgan fingerprint density at radius 1 is 1.40 bits per heavy atom. The van der Waals surface area contributed by atoms with E-state index in [0.717, 1.165) is 12.1 Å². The number of rotatable bonds is 0. The predicted octanol–water partition coefficient (Wildman–Crippen LogP) is 1.86. The van der Waals surface area contributed by atoms with E-state index in [9.17, 15) is 18.0 Å². The predicted molar refractivity (Wildman–Crippen MR) is 45.2 cm³/mol. The lowest BCUT2D eigenvalue weighted by Crippen LogP contribution is -2.36. The van der Waals surface area contributed by atoms with Gasteiger partial charge in [-0.15, -0.1) is 0 Å². The zero-order valence-corrected chi connectivity index (χ0v) is 7.51. The Bertz CT molecular complexity index is 429. The smallest absolute Gasteiger partial charge is 0.276 e. The molecule has 0 amide bonds. The number of hydrogen-bond acceptors (Lipinski definition) is 2. The van der Waals surface area contributed by atoms with Crippen LogP contribution in [-0.2, 0) is 5.92 Å². The molecule has 2 rings (SSSR count). The summed E-state index contributed by atoms with van der Waals surface area (Å²) in [5.74, 6) is -4.96. The van der Waals surface area contributed by atoms with Crippen molar-refractivity contribution in [2.24, 2.45) is 0 Å². The summed E-state index contributed by atoms with van der Waals surface area (Å²) < 4.78 is 39.4. The van der Waals surface area contributed by atoms with Crippen molar-refractivity contribution in [1.82, 2.24) is 0 Å². The van der Waals surface area contributed by atoms with Crippen molar-refractivity contribution in [3.63, 3.8) is 0 Å². The van der Waals surface area contributed by atoms with Crippen LogP contribution in [0.5, 0.6) is 0 Å². The van der Waals surface area contributed by atoms with Gasteiger partial charge in [-0.25, -0.2) is 13.2 Å². The number of carbonyl (C=O) groups is 1. The minimum Gasteiger partial charge on any atom is -0.385 e. The third-order valence-corrected chi connectivity index (χ3v) is 2.39. The molecule has 1 unspecified atom stereocenters. The molecule has 1 aliphatic carbocycles. The van der Waals surface area contributed by atoms with Crippen molar-refractivity contribution >= 4 is 5.78 Å². The average molecular weight is 216 g/mol. The first-order valence-corrected chi connectivity index (χ1v) is 4.32. The second-order valence-electron chi connectivity index (χ2n) is 3.48. The maximum Gasteiger partial charge on any atom is 0.276 e. The van der Waals surface area contributed by atoms with Gasteiger partial charge in [0.15, 0.2) is 5.78 Å². The Kier molecular flexibility index (Phi) is 2.08. The van der Waals surface area contributed by atoms with E-state index in [-0.39, 0.29) is 5.56 Å². The molecule has 0 saturated heterocycles. The first-order chi connectivity index (χ1) is 6.92. The molecule has 0 aromatic heterocycles. The zero-order chi connectivity index (χ0) is 11.2. The fourth-order valence-electron chi connectivity index (χ4n) is 1.66. The molecule has 0 bridgehead atoms. The molecule has 1 aromatic rings. The summed E-state index contributed by atoms with van der Waals surface area (Å²) in [6, 6.07) is 2.53. The molecular weight excluding hydrogens is 209 g/mol. The Hall–Kier alpha value is -1.36. The van der Waals surface area contributed by atoms with Crippen molar-refractivity contribution in [3.8, 4) is 0 Å². The van der Waals surface area contributed by atoms with Crippen LogP contribution in [0, 0.1) is 5.82 Å². The molecule has 0 radical (unpaired) electrons. The van der Waals surface area contributed by atoms with Gasteiger partial charge in [0.25, 0.3) is 5.92 Å². The van der Waals surface area contributed by atoms with E-state index in [1.54, 1.807) is 0 Å². The first-order valence-electron chi connectivity index (χ1n) is 4.32. The van der Waals surface area contributed by atoms with E-state index < -0.39 is 35.6 Å². The van der Waals surface area contributed by atoms with Gasteiger partial charge in [-0.05, 0) is 18.2 Å². The molecule has 15 heavy (non-hydrogen) atoms. The molecule has 5 heteroatoms. The van der Waals surface area contributed by atoms with Crippen LogP contribution < -0.4 is 0 Å². The molecule has 80 valence electrons. The lowest BCUT2D eigenvalue weighted by Gasteiger charge is -2.27. The third kappa shape index (κ3) is 1.52. The lowest BCUT2D eigenvalue weighted by atomic mass is 9.86. The Balaban J connectivity index is 2.64. The van der Waals surface area contributed by atoms with Gasteiger partial charge in [0.2, 0.25) is 0 Å². The minimum atomic E-state index is -3.36. The van der Waals surface area contributed by atoms with Gasteiger partial charge in [0.05, 0.1) is 0 Å². The Morgan fingerprint density at radius 3 is 2.73 bits per heavy atom. The topological polar surface area (TPSA) is 37.3 Å². The number of Topliss-reactive ketones (excluding diaryl/α,β-unsaturated/α-hetero) is 1. The molecular formula is C10H7F3O2. The fraction of sp³-hybridized carbons (Fsp3) is 0.300. The van der Waals surface area contributed by atoms with Crippen LogP contribution in [-0.4, -0.2) is 17.0 Å². The van der Waals surface area contributed by atoms with Crippen LogP contribution in [0.3, 0.4) is 0 Å². The standard InChI is InChI=1S/C10H7F3O2/c11-5-1-2-6-7(3-5)10(12,13)4-8(14)9(6)15/h1-3,8,14H,4H2. The van der Waals surface area contributed by atoms with Gasteiger partial charge in [-0.2, -0.15) is 0 Å². The van der Waals surface area contributed by atoms with E-state index in [1.807, 2.05) is 0 Å². The normalized spacial score (nSPS) is 23.7. The van der Waals surface area contributed by atoms with Gasteiger partial charge < -0.3 is 5.11 Å². The summed E-state index contributed by atoms with van der Waals surface area (Å²) in [5.41, 5.74) is -0.946. The van der Waals surface area contributed by atoms with Crippen LogP contribution in [0.15, 0.2) is 18.2 Å². The SMILES string of the molecule is O=C1c2ccc(F)cc2C(F)(F)CC1O. The number of halogens is 3. The summed E-state index contributed by atoms with van der Waals surface area (Å²) in [4.78, 5) is 11.3. The molecule has 1 aliphatic rings. The maximum atomic E-state index is 13.3.